The van der Waals surface area contributed by atoms with Gasteiger partial charge in [-0.3, -0.25) is 4.79 Å². The van der Waals surface area contributed by atoms with Gasteiger partial charge < -0.3 is 15.0 Å². The van der Waals surface area contributed by atoms with E-state index in [4.69, 9.17) is 4.74 Å². The quantitative estimate of drug-likeness (QED) is 0.796. The highest BCUT2D eigenvalue weighted by atomic mass is 32.2. The van der Waals surface area contributed by atoms with Crippen molar-refractivity contribution in [2.45, 2.75) is 18.2 Å². The van der Waals surface area contributed by atoms with Crippen LogP contribution in [0.4, 0.5) is 0 Å². The molecule has 1 fully saturated rings. The van der Waals surface area contributed by atoms with E-state index in [1.54, 1.807) is 24.0 Å². The zero-order chi connectivity index (χ0) is 17.7. The minimum atomic E-state index is -3.50. The molecule has 7 heteroatoms. The maximum atomic E-state index is 12.5. The van der Waals surface area contributed by atoms with Gasteiger partial charge in [0.05, 0.1) is 17.8 Å². The van der Waals surface area contributed by atoms with E-state index in [-0.39, 0.29) is 16.6 Å². The molecule has 2 unspecified atom stereocenters. The number of carbonyl (C=O) groups excluding carboxylic acids is 1. The van der Waals surface area contributed by atoms with Crippen LogP contribution in [0.2, 0.25) is 0 Å². The van der Waals surface area contributed by atoms with Crippen LogP contribution in [0.3, 0.4) is 0 Å². The Bertz CT molecular complexity index is 658. The van der Waals surface area contributed by atoms with Crippen LogP contribution < -0.4 is 10.1 Å². The molecule has 1 heterocycles. The van der Waals surface area contributed by atoms with Gasteiger partial charge in [0.15, 0.2) is 9.84 Å². The second kappa shape index (κ2) is 7.98. The Balaban J connectivity index is 1.99. The molecule has 2 rings (SSSR count). The minimum Gasteiger partial charge on any atom is -0.497 e. The molecule has 0 aromatic heterocycles. The summed E-state index contributed by atoms with van der Waals surface area (Å²) in [6.45, 7) is 3.97. The maximum absolute atomic E-state index is 12.5. The number of nitrogens with one attached hydrogen (secondary N) is 1. The van der Waals surface area contributed by atoms with E-state index in [1.165, 1.54) is 19.2 Å². The number of nitrogens with zero attached hydrogens (tertiary/aromatic N) is 1. The van der Waals surface area contributed by atoms with Gasteiger partial charge in [-0.2, -0.15) is 0 Å². The standard InChI is InChI=1S/C17H26N2O4S/c1-13(17(20)19-9-8-14(11-19)10-18-2)12-24(21,22)16-6-4-15(23-3)5-7-16/h4-7,13-14,18H,8-12H2,1-3H3. The molecule has 1 amide bonds. The van der Waals surface area contributed by atoms with E-state index in [2.05, 4.69) is 5.32 Å². The van der Waals surface area contributed by atoms with Gasteiger partial charge in [-0.25, -0.2) is 8.42 Å². The first-order valence-electron chi connectivity index (χ1n) is 8.17. The van der Waals surface area contributed by atoms with Gasteiger partial charge in [0.1, 0.15) is 5.75 Å². The smallest absolute Gasteiger partial charge is 0.226 e. The summed E-state index contributed by atoms with van der Waals surface area (Å²) in [5.41, 5.74) is 0. The summed E-state index contributed by atoms with van der Waals surface area (Å²) in [6, 6.07) is 6.26. The van der Waals surface area contributed by atoms with Gasteiger partial charge in [-0.15, -0.1) is 0 Å². The topological polar surface area (TPSA) is 75.7 Å². The fourth-order valence-corrected chi connectivity index (χ4v) is 4.62. The highest BCUT2D eigenvalue weighted by Crippen LogP contribution is 2.22. The molecule has 134 valence electrons. The van der Waals surface area contributed by atoms with E-state index in [9.17, 15) is 13.2 Å². The Morgan fingerprint density at radius 1 is 1.38 bits per heavy atom. The van der Waals surface area contributed by atoms with Gasteiger partial charge in [0.25, 0.3) is 0 Å². The number of sulfone groups is 1. The summed E-state index contributed by atoms with van der Waals surface area (Å²) in [4.78, 5) is 14.5. The predicted molar refractivity (Wildman–Crippen MR) is 92.8 cm³/mol. The molecular formula is C17H26N2O4S. The number of rotatable bonds is 7. The second-order valence-corrected chi connectivity index (χ2v) is 8.39. The molecule has 1 aromatic rings. The highest BCUT2D eigenvalue weighted by molar-refractivity contribution is 7.91. The third-order valence-electron chi connectivity index (χ3n) is 4.40. The van der Waals surface area contributed by atoms with Crippen molar-refractivity contribution < 1.29 is 17.9 Å². The summed E-state index contributed by atoms with van der Waals surface area (Å²) in [5.74, 6) is 0.247. The van der Waals surface area contributed by atoms with E-state index >= 15 is 0 Å². The Kier molecular flexibility index (Phi) is 6.23. The SMILES string of the molecule is CNCC1CCN(C(=O)C(C)CS(=O)(=O)c2ccc(OC)cc2)C1. The average Bonchev–Trinajstić information content (AvgIpc) is 3.02. The van der Waals surface area contributed by atoms with Crippen molar-refractivity contribution in [1.82, 2.24) is 10.2 Å². The first-order chi connectivity index (χ1) is 11.4. The van der Waals surface area contributed by atoms with E-state index in [0.29, 0.717) is 24.8 Å². The Labute approximate surface area is 144 Å². The van der Waals surface area contributed by atoms with Crippen molar-refractivity contribution in [2.24, 2.45) is 11.8 Å². The zero-order valence-corrected chi connectivity index (χ0v) is 15.3. The molecule has 1 saturated heterocycles. The van der Waals surface area contributed by atoms with Crippen LogP contribution in [0.5, 0.6) is 5.75 Å². The van der Waals surface area contributed by atoms with E-state index in [1.807, 2.05) is 7.05 Å². The molecule has 0 saturated carbocycles. The molecule has 0 aliphatic carbocycles. The molecular weight excluding hydrogens is 328 g/mol. The van der Waals surface area contributed by atoms with Gasteiger partial charge >= 0.3 is 0 Å². The molecule has 24 heavy (non-hydrogen) atoms. The molecule has 1 aliphatic rings. The average molecular weight is 354 g/mol. The third-order valence-corrected chi connectivity index (χ3v) is 6.33. The number of ether oxygens (including phenoxy) is 1. The number of hydrogen-bond donors (Lipinski definition) is 1. The van der Waals surface area contributed by atoms with Crippen molar-refractivity contribution in [3.05, 3.63) is 24.3 Å². The van der Waals surface area contributed by atoms with Crippen LogP contribution in [0, 0.1) is 11.8 Å². The van der Waals surface area contributed by atoms with Gasteiger partial charge in [0, 0.05) is 19.0 Å². The molecule has 1 aliphatic heterocycles. The largest absolute Gasteiger partial charge is 0.497 e. The molecule has 0 radical (unpaired) electrons. The second-order valence-electron chi connectivity index (χ2n) is 6.35. The molecule has 1 aromatic carbocycles. The number of likely N-dealkylation sites (tertiary alicyclic amines) is 1. The Morgan fingerprint density at radius 2 is 2.04 bits per heavy atom. The highest BCUT2D eigenvalue weighted by Gasteiger charge is 2.31. The van der Waals surface area contributed by atoms with Crippen molar-refractivity contribution in [2.75, 3.05) is 39.5 Å². The van der Waals surface area contributed by atoms with Gasteiger partial charge in [0.2, 0.25) is 5.91 Å². The van der Waals surface area contributed by atoms with Crippen LogP contribution in [0.25, 0.3) is 0 Å². The first-order valence-corrected chi connectivity index (χ1v) is 9.82. The number of benzene rings is 1. The summed E-state index contributed by atoms with van der Waals surface area (Å²) in [5, 5.41) is 3.12. The lowest BCUT2D eigenvalue weighted by Crippen LogP contribution is -2.36. The summed E-state index contributed by atoms with van der Waals surface area (Å²) >= 11 is 0. The zero-order valence-electron chi connectivity index (χ0n) is 14.5. The lowest BCUT2D eigenvalue weighted by atomic mass is 10.1. The monoisotopic (exact) mass is 354 g/mol. The minimum absolute atomic E-state index is 0.0781. The number of hydrogen-bond acceptors (Lipinski definition) is 5. The van der Waals surface area contributed by atoms with Crippen molar-refractivity contribution in [1.29, 1.82) is 0 Å². The van der Waals surface area contributed by atoms with Crippen LogP contribution in [-0.2, 0) is 14.6 Å². The van der Waals surface area contributed by atoms with Crippen LogP contribution >= 0.6 is 0 Å². The van der Waals surface area contributed by atoms with Crippen molar-refractivity contribution in [3.63, 3.8) is 0 Å². The van der Waals surface area contributed by atoms with Gasteiger partial charge in [-0.05, 0) is 50.2 Å². The summed E-state index contributed by atoms with van der Waals surface area (Å²) in [7, 11) is -0.0715. The van der Waals surface area contributed by atoms with E-state index < -0.39 is 15.8 Å². The summed E-state index contributed by atoms with van der Waals surface area (Å²) < 4.78 is 30.1. The first kappa shape index (κ1) is 18.7. The third kappa shape index (κ3) is 4.48. The molecule has 0 spiro atoms. The Hall–Kier alpha value is -1.60. The lowest BCUT2D eigenvalue weighted by molar-refractivity contribution is -0.133. The fraction of sp³-hybridized carbons (Fsp3) is 0.588. The summed E-state index contributed by atoms with van der Waals surface area (Å²) in [6.07, 6.45) is 0.963. The lowest BCUT2D eigenvalue weighted by Gasteiger charge is -2.21. The van der Waals surface area contributed by atoms with Gasteiger partial charge in [-0.1, -0.05) is 6.92 Å². The van der Waals surface area contributed by atoms with Crippen LogP contribution in [0.15, 0.2) is 29.2 Å². The predicted octanol–water partition coefficient (Wildman–Crippen LogP) is 1.17. The van der Waals surface area contributed by atoms with E-state index in [0.717, 1.165) is 13.0 Å². The normalized spacial score (nSPS) is 19.3. The fourth-order valence-electron chi connectivity index (χ4n) is 3.08. The number of amides is 1. The molecule has 2 atom stereocenters. The number of carbonyl (C=O) groups is 1. The molecule has 6 nitrogen and oxygen atoms in total. The van der Waals surface area contributed by atoms with Crippen LogP contribution in [0.1, 0.15) is 13.3 Å². The Morgan fingerprint density at radius 3 is 2.62 bits per heavy atom. The maximum Gasteiger partial charge on any atom is 0.226 e. The molecule has 0 bridgehead atoms. The van der Waals surface area contributed by atoms with Crippen molar-refractivity contribution >= 4 is 15.7 Å². The molecule has 1 N–H and O–H groups in total. The van der Waals surface area contributed by atoms with Crippen LogP contribution in [-0.4, -0.2) is 58.8 Å². The number of methoxy groups -OCH3 is 1. The van der Waals surface area contributed by atoms with Crippen molar-refractivity contribution in [3.8, 4) is 5.75 Å².